The predicted octanol–water partition coefficient (Wildman–Crippen LogP) is 4.70. The Morgan fingerprint density at radius 1 is 1.26 bits per heavy atom. The van der Waals surface area contributed by atoms with E-state index in [9.17, 15) is 27.9 Å². The van der Waals surface area contributed by atoms with Crippen LogP contribution < -0.4 is 0 Å². The quantitative estimate of drug-likeness (QED) is 0.647. The van der Waals surface area contributed by atoms with Crippen molar-refractivity contribution in [1.82, 2.24) is 4.57 Å². The monoisotopic (exact) mass is 417 g/mol. The van der Waals surface area contributed by atoms with Crippen molar-refractivity contribution < 1.29 is 33.0 Å². The second-order valence-corrected chi connectivity index (χ2v) is 7.11. The van der Waals surface area contributed by atoms with Crippen LogP contribution in [0, 0.1) is 6.92 Å². The van der Waals surface area contributed by atoms with Gasteiger partial charge in [0.05, 0.1) is 22.5 Å². The van der Waals surface area contributed by atoms with E-state index in [1.54, 1.807) is 0 Å². The van der Waals surface area contributed by atoms with Crippen molar-refractivity contribution in [1.29, 1.82) is 0 Å². The molecule has 0 saturated heterocycles. The number of nitrogens with zero attached hydrogens (tertiary/aromatic N) is 1. The molecule has 0 aliphatic rings. The molecule has 0 saturated carbocycles. The molecule has 142 valence electrons. The minimum absolute atomic E-state index is 0.0720. The van der Waals surface area contributed by atoms with Crippen molar-refractivity contribution in [2.24, 2.45) is 0 Å². The fourth-order valence-electron chi connectivity index (χ4n) is 2.85. The lowest BCUT2D eigenvalue weighted by Crippen LogP contribution is -2.13. The van der Waals surface area contributed by atoms with Crippen LogP contribution in [0.25, 0.3) is 10.9 Å². The van der Waals surface area contributed by atoms with Crippen LogP contribution in [0.3, 0.4) is 0 Å². The molecule has 0 unspecified atom stereocenters. The van der Waals surface area contributed by atoms with E-state index in [1.165, 1.54) is 19.1 Å². The predicted molar refractivity (Wildman–Crippen MR) is 93.7 cm³/mol. The first-order chi connectivity index (χ1) is 12.5. The zero-order valence-corrected chi connectivity index (χ0v) is 15.2. The molecule has 27 heavy (non-hydrogen) atoms. The molecule has 2 N–H and O–H groups in total. The summed E-state index contributed by atoms with van der Waals surface area (Å²) in [6.07, 6.45) is -5.00. The van der Waals surface area contributed by atoms with Gasteiger partial charge < -0.3 is 10.2 Å². The van der Waals surface area contributed by atoms with Gasteiger partial charge >= 0.3 is 12.1 Å². The third kappa shape index (κ3) is 3.40. The number of carboxylic acid groups (broad SMARTS) is 1. The molecule has 0 aliphatic heterocycles. The Morgan fingerprint density at radius 2 is 1.93 bits per heavy atom. The average molecular weight is 418 g/mol. The van der Waals surface area contributed by atoms with Crippen LogP contribution in [0.4, 0.5) is 13.2 Å². The van der Waals surface area contributed by atoms with Gasteiger partial charge in [-0.05, 0) is 30.7 Å². The first kappa shape index (κ1) is 19.2. The normalized spacial score (nSPS) is 11.9. The van der Waals surface area contributed by atoms with Crippen molar-refractivity contribution in [3.05, 3.63) is 50.3 Å². The van der Waals surface area contributed by atoms with Gasteiger partial charge in [0.25, 0.3) is 5.91 Å². The highest BCUT2D eigenvalue weighted by molar-refractivity contribution is 7.10. The number of fused-ring (bicyclic) bond motifs is 1. The average Bonchev–Trinajstić information content (AvgIpc) is 3.13. The summed E-state index contributed by atoms with van der Waals surface area (Å²) in [5.41, 5.74) is 0.539. The van der Waals surface area contributed by atoms with Gasteiger partial charge in [0.1, 0.15) is 10.6 Å². The van der Waals surface area contributed by atoms with E-state index >= 15 is 0 Å². The fourth-order valence-corrected chi connectivity index (χ4v) is 3.76. The number of carbonyl (C=O) groups is 2. The molecule has 2 heterocycles. The van der Waals surface area contributed by atoms with Crippen LogP contribution in [0.2, 0.25) is 5.02 Å². The van der Waals surface area contributed by atoms with Gasteiger partial charge in [0.2, 0.25) is 0 Å². The summed E-state index contributed by atoms with van der Waals surface area (Å²) in [5.74, 6) is -2.20. The van der Waals surface area contributed by atoms with Gasteiger partial charge in [0.15, 0.2) is 0 Å². The summed E-state index contributed by atoms with van der Waals surface area (Å²) in [6.45, 7) is 1.48. The number of phenolic OH excluding ortho intramolecular Hbond substituents is 1. The number of aliphatic carboxylic acids is 1. The van der Waals surface area contributed by atoms with Crippen molar-refractivity contribution in [2.45, 2.75) is 19.5 Å². The van der Waals surface area contributed by atoms with Crippen LogP contribution in [-0.2, 0) is 17.4 Å². The van der Waals surface area contributed by atoms with E-state index in [1.807, 2.05) is 0 Å². The van der Waals surface area contributed by atoms with Gasteiger partial charge in [-0.15, -0.1) is 11.3 Å². The number of alkyl halides is 3. The SMILES string of the molecule is Cc1c(CC(=O)O)c2cc(O)c(Cl)cc2n1C(=O)c1csc(C(F)(F)F)c1. The molecule has 1 aromatic carbocycles. The number of carboxylic acids is 1. The molecule has 3 aromatic rings. The van der Waals surface area contributed by atoms with Crippen molar-refractivity contribution in [3.63, 3.8) is 0 Å². The maximum absolute atomic E-state index is 12.9. The molecular weight excluding hydrogens is 407 g/mol. The Bertz CT molecular complexity index is 1080. The summed E-state index contributed by atoms with van der Waals surface area (Å²) >= 11 is 6.30. The number of thiophene rings is 1. The van der Waals surface area contributed by atoms with Crippen molar-refractivity contribution in [3.8, 4) is 5.75 Å². The third-order valence-corrected chi connectivity index (χ3v) is 5.34. The van der Waals surface area contributed by atoms with Crippen LogP contribution in [-0.4, -0.2) is 26.7 Å². The van der Waals surface area contributed by atoms with Gasteiger partial charge in [0, 0.05) is 16.5 Å². The molecule has 5 nitrogen and oxygen atoms in total. The largest absolute Gasteiger partial charge is 0.506 e. The van der Waals surface area contributed by atoms with E-state index in [0.29, 0.717) is 11.3 Å². The molecule has 3 rings (SSSR count). The molecule has 0 spiro atoms. The lowest BCUT2D eigenvalue weighted by molar-refractivity contribution is -0.136. The third-order valence-electron chi connectivity index (χ3n) is 4.06. The van der Waals surface area contributed by atoms with Gasteiger partial charge in [-0.1, -0.05) is 11.6 Å². The smallest absolute Gasteiger partial charge is 0.425 e. The topological polar surface area (TPSA) is 79.5 Å². The zero-order chi connectivity index (χ0) is 20.1. The summed E-state index contributed by atoms with van der Waals surface area (Å²) in [6, 6.07) is 3.26. The number of hydrogen-bond acceptors (Lipinski definition) is 4. The number of hydrogen-bond donors (Lipinski definition) is 2. The highest BCUT2D eigenvalue weighted by atomic mass is 35.5. The molecule has 10 heteroatoms. The Balaban J connectivity index is 2.22. The van der Waals surface area contributed by atoms with E-state index in [0.717, 1.165) is 16.0 Å². The molecule has 0 radical (unpaired) electrons. The number of benzene rings is 1. The van der Waals surface area contributed by atoms with Crippen molar-refractivity contribution >= 4 is 45.7 Å². The van der Waals surface area contributed by atoms with Crippen LogP contribution in [0.15, 0.2) is 23.6 Å². The first-order valence-electron chi connectivity index (χ1n) is 7.45. The molecule has 2 aromatic heterocycles. The molecule has 0 atom stereocenters. The minimum atomic E-state index is -4.57. The van der Waals surface area contributed by atoms with Crippen LogP contribution in [0.1, 0.15) is 26.5 Å². The van der Waals surface area contributed by atoms with Crippen LogP contribution in [0.5, 0.6) is 5.75 Å². The number of halogens is 4. The second kappa shape index (κ2) is 6.58. The maximum Gasteiger partial charge on any atom is 0.425 e. The van der Waals surface area contributed by atoms with E-state index < -0.39 is 29.4 Å². The number of carbonyl (C=O) groups excluding carboxylic acids is 1. The first-order valence-corrected chi connectivity index (χ1v) is 8.71. The van der Waals surface area contributed by atoms with Crippen LogP contribution >= 0.6 is 22.9 Å². The maximum atomic E-state index is 12.9. The molecule has 0 bridgehead atoms. The number of rotatable bonds is 3. The Hall–Kier alpha value is -2.52. The second-order valence-electron chi connectivity index (χ2n) is 5.79. The number of aromatic nitrogens is 1. The summed E-state index contributed by atoms with van der Waals surface area (Å²) in [5, 5.41) is 20.3. The number of aromatic hydroxyl groups is 1. The van der Waals surface area contributed by atoms with Gasteiger partial charge in [-0.25, -0.2) is 0 Å². The highest BCUT2D eigenvalue weighted by Gasteiger charge is 2.33. The highest BCUT2D eigenvalue weighted by Crippen LogP contribution is 2.37. The van der Waals surface area contributed by atoms with E-state index in [-0.39, 0.29) is 38.5 Å². The fraction of sp³-hybridized carbons (Fsp3) is 0.176. The summed E-state index contributed by atoms with van der Waals surface area (Å²) in [7, 11) is 0. The lowest BCUT2D eigenvalue weighted by Gasteiger charge is -2.07. The lowest BCUT2D eigenvalue weighted by atomic mass is 10.1. The Morgan fingerprint density at radius 3 is 2.48 bits per heavy atom. The van der Waals surface area contributed by atoms with E-state index in [4.69, 9.17) is 16.7 Å². The number of phenols is 1. The van der Waals surface area contributed by atoms with Crippen molar-refractivity contribution in [2.75, 3.05) is 0 Å². The zero-order valence-electron chi connectivity index (χ0n) is 13.6. The van der Waals surface area contributed by atoms with Gasteiger partial charge in [-0.2, -0.15) is 13.2 Å². The molecule has 0 fully saturated rings. The summed E-state index contributed by atoms with van der Waals surface area (Å²) < 4.78 is 39.6. The van der Waals surface area contributed by atoms with Gasteiger partial charge in [-0.3, -0.25) is 14.2 Å². The Kier molecular flexibility index (Phi) is 4.69. The summed E-state index contributed by atoms with van der Waals surface area (Å²) in [4.78, 5) is 23.1. The Labute approximate surface area is 159 Å². The van der Waals surface area contributed by atoms with E-state index in [2.05, 4.69) is 0 Å². The molecule has 0 amide bonds. The minimum Gasteiger partial charge on any atom is -0.506 e. The standard InChI is InChI=1S/C17H11ClF3NO4S/c1-7-9(4-15(24)25)10-3-13(23)11(18)5-12(10)22(7)16(26)8-2-14(27-6-8)17(19,20)21/h2-3,5-6,23H,4H2,1H3,(H,24,25). The molecular formula is C17H11ClF3NO4S. The molecule has 0 aliphatic carbocycles.